The van der Waals surface area contributed by atoms with Crippen LogP contribution in [-0.2, 0) is 14.2 Å². The van der Waals surface area contributed by atoms with Crippen molar-refractivity contribution in [3.05, 3.63) is 0 Å². The first-order chi connectivity index (χ1) is 8.43. The fraction of sp³-hybridized carbons (Fsp3) is 1.00. The molecule has 0 aromatic heterocycles. The highest BCUT2D eigenvalue weighted by molar-refractivity contribution is 4.62. The molecule has 0 amide bonds. The van der Waals surface area contributed by atoms with Crippen molar-refractivity contribution in [2.45, 2.75) is 38.2 Å². The zero-order valence-electron chi connectivity index (χ0n) is 11.1. The lowest BCUT2D eigenvalue weighted by atomic mass is 10.1. The zero-order chi connectivity index (χ0) is 12.2. The van der Waals surface area contributed by atoms with Gasteiger partial charge in [-0.25, -0.2) is 0 Å². The molecule has 102 valence electrons. The molecule has 1 rings (SSSR count). The molecule has 4 nitrogen and oxygen atoms in total. The maximum Gasteiger partial charge on any atom is 0.0808 e. The molecule has 1 aliphatic heterocycles. The largest absolute Gasteiger partial charge is 0.383 e. The first-order valence-corrected chi connectivity index (χ1v) is 6.82. The number of nitrogens with one attached hydrogen (secondary N) is 1. The van der Waals surface area contributed by atoms with Crippen LogP contribution in [0, 0.1) is 0 Å². The van der Waals surface area contributed by atoms with Gasteiger partial charge in [-0.1, -0.05) is 0 Å². The quantitative estimate of drug-likeness (QED) is 0.593. The summed E-state index contributed by atoms with van der Waals surface area (Å²) >= 11 is 0. The van der Waals surface area contributed by atoms with Gasteiger partial charge in [0.1, 0.15) is 0 Å². The lowest BCUT2D eigenvalue weighted by molar-refractivity contribution is -0.0410. The van der Waals surface area contributed by atoms with Crippen LogP contribution in [0.15, 0.2) is 0 Å². The number of ether oxygens (including phenoxy) is 3. The lowest BCUT2D eigenvalue weighted by Crippen LogP contribution is -2.24. The average Bonchev–Trinajstić information content (AvgIpc) is 2.38. The minimum Gasteiger partial charge on any atom is -0.383 e. The molecule has 1 fully saturated rings. The maximum absolute atomic E-state index is 5.62. The van der Waals surface area contributed by atoms with Gasteiger partial charge in [0, 0.05) is 26.9 Å². The fourth-order valence-corrected chi connectivity index (χ4v) is 1.91. The molecule has 1 unspecified atom stereocenters. The molecule has 1 aliphatic rings. The predicted octanol–water partition coefficient (Wildman–Crippen LogP) is 1.59. The first kappa shape index (κ1) is 14.9. The van der Waals surface area contributed by atoms with Crippen LogP contribution < -0.4 is 5.32 Å². The third kappa shape index (κ3) is 8.55. The van der Waals surface area contributed by atoms with Crippen LogP contribution in [-0.4, -0.2) is 52.7 Å². The summed E-state index contributed by atoms with van der Waals surface area (Å²) in [6.07, 6.45) is 6.30. The molecular formula is C13H27NO3. The minimum absolute atomic E-state index is 0.351. The van der Waals surface area contributed by atoms with Crippen LogP contribution in [0.3, 0.4) is 0 Å². The summed E-state index contributed by atoms with van der Waals surface area (Å²) in [4.78, 5) is 0. The van der Waals surface area contributed by atoms with E-state index in [-0.39, 0.29) is 0 Å². The summed E-state index contributed by atoms with van der Waals surface area (Å²) in [5.74, 6) is 0. The summed E-state index contributed by atoms with van der Waals surface area (Å²) in [5.41, 5.74) is 0. The summed E-state index contributed by atoms with van der Waals surface area (Å²) in [6.45, 7) is 5.32. The maximum atomic E-state index is 5.62. The standard InChI is InChI=1S/C13H27NO3/c1-15-11-8-14-7-3-5-9-16-12-13-6-2-4-10-17-13/h13-14H,2-12H2,1H3. The third-order valence-electron chi connectivity index (χ3n) is 2.95. The normalized spacial score (nSPS) is 20.6. The first-order valence-electron chi connectivity index (χ1n) is 6.82. The minimum atomic E-state index is 0.351. The molecule has 0 aromatic rings. The summed E-state index contributed by atoms with van der Waals surface area (Å²) in [5, 5.41) is 3.32. The number of unbranched alkanes of at least 4 members (excludes halogenated alkanes) is 1. The second-order valence-electron chi connectivity index (χ2n) is 4.51. The van der Waals surface area contributed by atoms with Gasteiger partial charge in [0.15, 0.2) is 0 Å². The van der Waals surface area contributed by atoms with Gasteiger partial charge in [0.25, 0.3) is 0 Å². The highest BCUT2D eigenvalue weighted by atomic mass is 16.5. The molecule has 1 saturated heterocycles. The van der Waals surface area contributed by atoms with E-state index in [1.54, 1.807) is 7.11 Å². The van der Waals surface area contributed by atoms with Gasteiger partial charge in [0.05, 0.1) is 19.3 Å². The van der Waals surface area contributed by atoms with Crippen LogP contribution in [0.25, 0.3) is 0 Å². The lowest BCUT2D eigenvalue weighted by Gasteiger charge is -2.22. The van der Waals surface area contributed by atoms with Crippen LogP contribution in [0.4, 0.5) is 0 Å². The Bertz CT molecular complexity index is 161. The number of hydrogen-bond donors (Lipinski definition) is 1. The van der Waals surface area contributed by atoms with Gasteiger partial charge in [0.2, 0.25) is 0 Å². The van der Waals surface area contributed by atoms with E-state index in [4.69, 9.17) is 14.2 Å². The van der Waals surface area contributed by atoms with Crippen LogP contribution in [0.1, 0.15) is 32.1 Å². The smallest absolute Gasteiger partial charge is 0.0808 e. The Kier molecular flexibility index (Phi) is 9.61. The molecule has 1 heterocycles. The summed E-state index contributed by atoms with van der Waals surface area (Å²) in [6, 6.07) is 0. The molecule has 17 heavy (non-hydrogen) atoms. The van der Waals surface area contributed by atoms with E-state index in [1.165, 1.54) is 19.3 Å². The molecule has 1 N–H and O–H groups in total. The molecular weight excluding hydrogens is 218 g/mol. The topological polar surface area (TPSA) is 39.7 Å². The van der Waals surface area contributed by atoms with E-state index in [0.29, 0.717) is 6.10 Å². The highest BCUT2D eigenvalue weighted by Crippen LogP contribution is 2.12. The van der Waals surface area contributed by atoms with Gasteiger partial charge < -0.3 is 19.5 Å². The van der Waals surface area contributed by atoms with E-state index in [1.807, 2.05) is 0 Å². The molecule has 0 aliphatic carbocycles. The molecule has 0 aromatic carbocycles. The van der Waals surface area contributed by atoms with Gasteiger partial charge in [-0.15, -0.1) is 0 Å². The van der Waals surface area contributed by atoms with Gasteiger partial charge in [-0.05, 0) is 38.6 Å². The van der Waals surface area contributed by atoms with E-state index in [2.05, 4.69) is 5.32 Å². The molecule has 0 spiro atoms. The SMILES string of the molecule is COCCNCCCCOCC1CCCCO1. The molecule has 0 bridgehead atoms. The van der Waals surface area contributed by atoms with E-state index < -0.39 is 0 Å². The second-order valence-corrected chi connectivity index (χ2v) is 4.51. The molecule has 0 radical (unpaired) electrons. The molecule has 1 atom stereocenters. The Morgan fingerprint density at radius 2 is 2.12 bits per heavy atom. The summed E-state index contributed by atoms with van der Waals surface area (Å²) < 4.78 is 16.2. The Morgan fingerprint density at radius 3 is 2.88 bits per heavy atom. The van der Waals surface area contributed by atoms with Crippen molar-refractivity contribution in [1.82, 2.24) is 5.32 Å². The Labute approximate surface area is 105 Å². The molecule has 0 saturated carbocycles. The average molecular weight is 245 g/mol. The van der Waals surface area contributed by atoms with Crippen molar-refractivity contribution in [2.24, 2.45) is 0 Å². The van der Waals surface area contributed by atoms with Crippen LogP contribution >= 0.6 is 0 Å². The van der Waals surface area contributed by atoms with Crippen molar-refractivity contribution in [1.29, 1.82) is 0 Å². The van der Waals surface area contributed by atoms with Crippen LogP contribution in [0.5, 0.6) is 0 Å². The van der Waals surface area contributed by atoms with Crippen molar-refractivity contribution in [3.63, 3.8) is 0 Å². The van der Waals surface area contributed by atoms with Gasteiger partial charge >= 0.3 is 0 Å². The van der Waals surface area contributed by atoms with Gasteiger partial charge in [-0.3, -0.25) is 0 Å². The fourth-order valence-electron chi connectivity index (χ4n) is 1.91. The van der Waals surface area contributed by atoms with E-state index in [0.717, 1.165) is 52.4 Å². The van der Waals surface area contributed by atoms with Gasteiger partial charge in [-0.2, -0.15) is 0 Å². The van der Waals surface area contributed by atoms with Crippen molar-refractivity contribution < 1.29 is 14.2 Å². The second kappa shape index (κ2) is 11.0. The van der Waals surface area contributed by atoms with Crippen molar-refractivity contribution >= 4 is 0 Å². The Morgan fingerprint density at radius 1 is 1.18 bits per heavy atom. The van der Waals surface area contributed by atoms with Crippen molar-refractivity contribution in [3.8, 4) is 0 Å². The number of hydrogen-bond acceptors (Lipinski definition) is 4. The predicted molar refractivity (Wildman–Crippen MR) is 68.4 cm³/mol. The van der Waals surface area contributed by atoms with E-state index in [9.17, 15) is 0 Å². The third-order valence-corrected chi connectivity index (χ3v) is 2.95. The number of rotatable bonds is 10. The zero-order valence-corrected chi connectivity index (χ0v) is 11.1. The highest BCUT2D eigenvalue weighted by Gasteiger charge is 2.13. The monoisotopic (exact) mass is 245 g/mol. The van der Waals surface area contributed by atoms with E-state index >= 15 is 0 Å². The van der Waals surface area contributed by atoms with Crippen molar-refractivity contribution in [2.75, 3.05) is 46.6 Å². The molecule has 4 heteroatoms. The summed E-state index contributed by atoms with van der Waals surface area (Å²) in [7, 11) is 1.73. The van der Waals surface area contributed by atoms with Crippen LogP contribution in [0.2, 0.25) is 0 Å². The Hall–Kier alpha value is -0.160. The Balaban J connectivity index is 1.75. The number of methoxy groups -OCH3 is 1.